The van der Waals surface area contributed by atoms with Gasteiger partial charge in [-0.25, -0.2) is 0 Å². The Balaban J connectivity index is 2.14. The molecule has 4 nitrogen and oxygen atoms in total. The van der Waals surface area contributed by atoms with Gasteiger partial charge in [-0.3, -0.25) is 9.59 Å². The molecule has 0 spiro atoms. The fourth-order valence-electron chi connectivity index (χ4n) is 2.29. The third-order valence-corrected chi connectivity index (χ3v) is 4.73. The standard InChI is InChI=1S/C13H17NO3S/c1-7-4-11(18-9(7)3)12(15)14-5-8(2)10(6-14)13(16)17/h4,8,10H,5-6H2,1-3H3,(H,16,17). The first-order valence-corrected chi connectivity index (χ1v) is 6.81. The van der Waals surface area contributed by atoms with Crippen molar-refractivity contribution in [1.29, 1.82) is 0 Å². The average Bonchev–Trinajstić information content (AvgIpc) is 2.82. The lowest BCUT2D eigenvalue weighted by Gasteiger charge is -2.14. The van der Waals surface area contributed by atoms with Gasteiger partial charge in [0.15, 0.2) is 0 Å². The number of carboxylic acids is 1. The summed E-state index contributed by atoms with van der Waals surface area (Å²) in [7, 11) is 0. The van der Waals surface area contributed by atoms with Gasteiger partial charge in [-0.15, -0.1) is 11.3 Å². The lowest BCUT2D eigenvalue weighted by atomic mass is 9.99. The molecular weight excluding hydrogens is 250 g/mol. The van der Waals surface area contributed by atoms with Gasteiger partial charge in [0.2, 0.25) is 0 Å². The monoisotopic (exact) mass is 267 g/mol. The molecule has 0 radical (unpaired) electrons. The summed E-state index contributed by atoms with van der Waals surface area (Å²) >= 11 is 1.48. The quantitative estimate of drug-likeness (QED) is 0.893. The zero-order valence-corrected chi connectivity index (χ0v) is 11.6. The second kappa shape index (κ2) is 4.72. The van der Waals surface area contributed by atoms with Crippen LogP contribution in [0.2, 0.25) is 0 Å². The molecule has 98 valence electrons. The predicted molar refractivity (Wildman–Crippen MR) is 70.0 cm³/mol. The third kappa shape index (κ3) is 2.27. The number of aryl methyl sites for hydroxylation is 2. The summed E-state index contributed by atoms with van der Waals surface area (Å²) in [5, 5.41) is 9.07. The second-order valence-electron chi connectivity index (χ2n) is 4.98. The van der Waals surface area contributed by atoms with E-state index in [1.165, 1.54) is 11.3 Å². The zero-order valence-electron chi connectivity index (χ0n) is 10.8. The number of amides is 1. The first kappa shape index (κ1) is 13.1. The molecule has 1 fully saturated rings. The minimum atomic E-state index is -0.809. The van der Waals surface area contributed by atoms with E-state index in [2.05, 4.69) is 0 Å². The Bertz CT molecular complexity index is 475. The van der Waals surface area contributed by atoms with E-state index in [0.29, 0.717) is 18.0 Å². The van der Waals surface area contributed by atoms with Crippen LogP contribution in [0.25, 0.3) is 0 Å². The van der Waals surface area contributed by atoms with E-state index in [9.17, 15) is 9.59 Å². The summed E-state index contributed by atoms with van der Waals surface area (Å²) in [6, 6.07) is 1.89. The molecule has 2 heterocycles. The highest BCUT2D eigenvalue weighted by Crippen LogP contribution is 2.27. The Morgan fingerprint density at radius 2 is 2.06 bits per heavy atom. The minimum Gasteiger partial charge on any atom is -0.481 e. The predicted octanol–water partition coefficient (Wildman–Crippen LogP) is 2.16. The van der Waals surface area contributed by atoms with Crippen molar-refractivity contribution in [3.05, 3.63) is 21.4 Å². The molecule has 18 heavy (non-hydrogen) atoms. The van der Waals surface area contributed by atoms with E-state index in [0.717, 1.165) is 10.4 Å². The van der Waals surface area contributed by atoms with Gasteiger partial charge in [0.05, 0.1) is 10.8 Å². The van der Waals surface area contributed by atoms with E-state index >= 15 is 0 Å². The molecule has 2 rings (SSSR count). The van der Waals surface area contributed by atoms with Gasteiger partial charge in [0.1, 0.15) is 0 Å². The number of hydrogen-bond donors (Lipinski definition) is 1. The second-order valence-corrected chi connectivity index (χ2v) is 6.24. The largest absolute Gasteiger partial charge is 0.481 e. The van der Waals surface area contributed by atoms with E-state index in [4.69, 9.17) is 5.11 Å². The first-order chi connectivity index (χ1) is 8.40. The van der Waals surface area contributed by atoms with Crippen molar-refractivity contribution in [2.24, 2.45) is 11.8 Å². The number of nitrogens with zero attached hydrogens (tertiary/aromatic N) is 1. The number of likely N-dealkylation sites (tertiary alicyclic amines) is 1. The first-order valence-electron chi connectivity index (χ1n) is 5.99. The maximum Gasteiger partial charge on any atom is 0.308 e. The molecular formula is C13H17NO3S. The van der Waals surface area contributed by atoms with Crippen LogP contribution in [0.4, 0.5) is 0 Å². The van der Waals surface area contributed by atoms with Crippen LogP contribution in [-0.4, -0.2) is 35.0 Å². The molecule has 1 amide bonds. The van der Waals surface area contributed by atoms with Crippen LogP contribution in [0, 0.1) is 25.7 Å². The van der Waals surface area contributed by atoms with Crippen LogP contribution in [-0.2, 0) is 4.79 Å². The molecule has 1 aromatic rings. The molecule has 1 aliphatic rings. The number of carbonyl (C=O) groups excluding carboxylic acids is 1. The zero-order chi connectivity index (χ0) is 13.4. The molecule has 1 saturated heterocycles. The maximum atomic E-state index is 12.3. The number of aliphatic carboxylic acids is 1. The summed E-state index contributed by atoms with van der Waals surface area (Å²) < 4.78 is 0. The Kier molecular flexibility index (Phi) is 3.43. The van der Waals surface area contributed by atoms with Crippen molar-refractivity contribution in [1.82, 2.24) is 4.90 Å². The van der Waals surface area contributed by atoms with Crippen LogP contribution in [0.3, 0.4) is 0 Å². The Morgan fingerprint density at radius 3 is 2.50 bits per heavy atom. The lowest BCUT2D eigenvalue weighted by molar-refractivity contribution is -0.142. The Morgan fingerprint density at radius 1 is 1.39 bits per heavy atom. The molecule has 0 saturated carbocycles. The summed E-state index contributed by atoms with van der Waals surface area (Å²) in [5.74, 6) is -1.26. The highest BCUT2D eigenvalue weighted by molar-refractivity contribution is 7.14. The molecule has 1 aliphatic heterocycles. The molecule has 5 heteroatoms. The van der Waals surface area contributed by atoms with Gasteiger partial charge >= 0.3 is 5.97 Å². The van der Waals surface area contributed by atoms with Crippen molar-refractivity contribution in [3.8, 4) is 0 Å². The molecule has 0 aromatic carbocycles. The normalized spacial score (nSPS) is 23.4. The van der Waals surface area contributed by atoms with E-state index in [-0.39, 0.29) is 11.8 Å². The van der Waals surface area contributed by atoms with Gasteiger partial charge in [-0.1, -0.05) is 6.92 Å². The molecule has 0 bridgehead atoms. The number of carbonyl (C=O) groups is 2. The van der Waals surface area contributed by atoms with Crippen LogP contribution in [0.15, 0.2) is 6.07 Å². The maximum absolute atomic E-state index is 12.3. The highest BCUT2D eigenvalue weighted by atomic mass is 32.1. The number of rotatable bonds is 2. The van der Waals surface area contributed by atoms with Gasteiger partial charge in [0, 0.05) is 18.0 Å². The van der Waals surface area contributed by atoms with Crippen LogP contribution < -0.4 is 0 Å². The van der Waals surface area contributed by atoms with Crippen molar-refractivity contribution >= 4 is 23.2 Å². The highest BCUT2D eigenvalue weighted by Gasteiger charge is 2.37. The van der Waals surface area contributed by atoms with E-state index in [1.54, 1.807) is 4.90 Å². The minimum absolute atomic E-state index is 0.0219. The van der Waals surface area contributed by atoms with Gasteiger partial charge in [0.25, 0.3) is 5.91 Å². The van der Waals surface area contributed by atoms with Gasteiger partial charge < -0.3 is 10.0 Å². The van der Waals surface area contributed by atoms with Crippen LogP contribution >= 0.6 is 11.3 Å². The topological polar surface area (TPSA) is 57.6 Å². The molecule has 2 atom stereocenters. The smallest absolute Gasteiger partial charge is 0.308 e. The van der Waals surface area contributed by atoms with Gasteiger partial charge in [-0.2, -0.15) is 0 Å². The molecule has 1 aromatic heterocycles. The summed E-state index contributed by atoms with van der Waals surface area (Å²) in [5.41, 5.74) is 1.12. The third-order valence-electron chi connectivity index (χ3n) is 3.59. The Hall–Kier alpha value is -1.36. The number of hydrogen-bond acceptors (Lipinski definition) is 3. The number of thiophene rings is 1. The summed E-state index contributed by atoms with van der Waals surface area (Å²) in [6.45, 7) is 6.72. The Labute approximate surface area is 110 Å². The molecule has 1 N–H and O–H groups in total. The SMILES string of the molecule is Cc1cc(C(=O)N2CC(C)C(C(=O)O)C2)sc1C. The average molecular weight is 267 g/mol. The lowest BCUT2D eigenvalue weighted by Crippen LogP contribution is -2.29. The van der Waals surface area contributed by atoms with Crippen molar-refractivity contribution in [2.45, 2.75) is 20.8 Å². The van der Waals surface area contributed by atoms with E-state index in [1.807, 2.05) is 26.8 Å². The van der Waals surface area contributed by atoms with Gasteiger partial charge in [-0.05, 0) is 31.4 Å². The summed E-state index contributed by atoms with van der Waals surface area (Å²) in [6.07, 6.45) is 0. The van der Waals surface area contributed by atoms with Crippen molar-refractivity contribution < 1.29 is 14.7 Å². The molecule has 2 unspecified atom stereocenters. The van der Waals surface area contributed by atoms with Crippen LogP contribution in [0.1, 0.15) is 27.0 Å². The van der Waals surface area contributed by atoms with Crippen molar-refractivity contribution in [3.63, 3.8) is 0 Å². The van der Waals surface area contributed by atoms with Crippen LogP contribution in [0.5, 0.6) is 0 Å². The fourth-order valence-corrected chi connectivity index (χ4v) is 3.29. The summed E-state index contributed by atoms with van der Waals surface area (Å²) in [4.78, 5) is 26.8. The fraction of sp³-hybridized carbons (Fsp3) is 0.538. The van der Waals surface area contributed by atoms with Crippen molar-refractivity contribution in [2.75, 3.05) is 13.1 Å². The molecule has 0 aliphatic carbocycles. The number of carboxylic acid groups (broad SMARTS) is 1. The van der Waals surface area contributed by atoms with E-state index < -0.39 is 11.9 Å².